The van der Waals surface area contributed by atoms with Gasteiger partial charge >= 0.3 is 6.03 Å². The molecule has 2 aromatic rings. The van der Waals surface area contributed by atoms with Gasteiger partial charge in [0, 0.05) is 25.9 Å². The van der Waals surface area contributed by atoms with Crippen molar-refractivity contribution in [2.75, 3.05) is 26.7 Å². The van der Waals surface area contributed by atoms with E-state index in [-0.39, 0.29) is 5.91 Å². The zero-order valence-electron chi connectivity index (χ0n) is 14.5. The van der Waals surface area contributed by atoms with Crippen LogP contribution in [-0.2, 0) is 4.79 Å². The van der Waals surface area contributed by atoms with Gasteiger partial charge in [0.15, 0.2) is 11.5 Å². The number of amides is 3. The fourth-order valence-corrected chi connectivity index (χ4v) is 3.24. The van der Waals surface area contributed by atoms with Crippen LogP contribution >= 0.6 is 0 Å². The van der Waals surface area contributed by atoms with Crippen molar-refractivity contribution in [3.05, 3.63) is 30.2 Å². The minimum Gasteiger partial charge on any atom is -0.440 e. The predicted molar refractivity (Wildman–Crippen MR) is 94.3 cm³/mol. The fraction of sp³-hybridized carbons (Fsp3) is 0.500. The van der Waals surface area contributed by atoms with Crippen LogP contribution in [0.25, 0.3) is 11.1 Å². The number of rotatable bonds is 5. The first-order chi connectivity index (χ1) is 12.2. The van der Waals surface area contributed by atoms with Gasteiger partial charge in [-0.1, -0.05) is 12.1 Å². The van der Waals surface area contributed by atoms with Gasteiger partial charge in [0.2, 0.25) is 5.91 Å². The molecule has 1 fully saturated rings. The van der Waals surface area contributed by atoms with Crippen LogP contribution in [0.3, 0.4) is 0 Å². The number of piperidine rings is 1. The van der Waals surface area contributed by atoms with Crippen LogP contribution in [0.2, 0.25) is 0 Å². The zero-order valence-corrected chi connectivity index (χ0v) is 14.5. The van der Waals surface area contributed by atoms with Crippen molar-refractivity contribution in [2.45, 2.75) is 31.6 Å². The molecule has 1 aromatic carbocycles. The van der Waals surface area contributed by atoms with E-state index in [0.717, 1.165) is 55.9 Å². The van der Waals surface area contributed by atoms with Crippen molar-refractivity contribution in [2.24, 2.45) is 0 Å². The van der Waals surface area contributed by atoms with Crippen LogP contribution in [0, 0.1) is 0 Å². The van der Waals surface area contributed by atoms with Crippen molar-refractivity contribution >= 4 is 23.0 Å². The molecule has 1 aromatic heterocycles. The van der Waals surface area contributed by atoms with E-state index in [1.807, 2.05) is 24.3 Å². The van der Waals surface area contributed by atoms with Crippen molar-refractivity contribution in [3.63, 3.8) is 0 Å². The van der Waals surface area contributed by atoms with Crippen molar-refractivity contribution < 1.29 is 14.0 Å². The summed E-state index contributed by atoms with van der Waals surface area (Å²) in [4.78, 5) is 29.7. The van der Waals surface area contributed by atoms with Gasteiger partial charge < -0.3 is 14.6 Å². The highest BCUT2D eigenvalue weighted by molar-refractivity contribution is 5.94. The highest BCUT2D eigenvalue weighted by atomic mass is 16.3. The summed E-state index contributed by atoms with van der Waals surface area (Å²) in [6.07, 6.45) is 3.23. The second-order valence-corrected chi connectivity index (χ2v) is 6.39. The number of urea groups is 1. The third-order valence-corrected chi connectivity index (χ3v) is 4.52. The number of nitrogens with one attached hydrogen (secondary N) is 2. The first-order valence-electron chi connectivity index (χ1n) is 8.75. The Hall–Kier alpha value is -2.41. The number of para-hydroxylation sites is 2. The molecule has 3 rings (SSSR count). The Morgan fingerprint density at radius 1 is 1.36 bits per heavy atom. The van der Waals surface area contributed by atoms with Crippen molar-refractivity contribution in [1.29, 1.82) is 0 Å². The summed E-state index contributed by atoms with van der Waals surface area (Å²) >= 11 is 0. The minimum atomic E-state index is -0.459. The van der Waals surface area contributed by atoms with E-state index in [0.29, 0.717) is 12.3 Å². The van der Waals surface area contributed by atoms with E-state index in [1.54, 1.807) is 0 Å². The van der Waals surface area contributed by atoms with Gasteiger partial charge in [0.05, 0.1) is 0 Å². The number of carbonyl (C=O) groups excluding carboxylic acids is 2. The van der Waals surface area contributed by atoms with Crippen LogP contribution in [0.15, 0.2) is 28.7 Å². The molecular weight excluding hydrogens is 320 g/mol. The third kappa shape index (κ3) is 4.57. The van der Waals surface area contributed by atoms with E-state index in [2.05, 4.69) is 20.5 Å². The Kier molecular flexibility index (Phi) is 5.65. The van der Waals surface area contributed by atoms with Gasteiger partial charge in [-0.15, -0.1) is 0 Å². The average Bonchev–Trinajstić information content (AvgIpc) is 3.06. The molecule has 0 unspecified atom stereocenters. The SMILES string of the molecule is CNC(=O)NC(=O)CCCN1CCC[C@H](c2nc3ccccc3o2)C1. The number of nitrogens with zero attached hydrogens (tertiary/aromatic N) is 2. The molecule has 2 heterocycles. The molecule has 3 amide bonds. The van der Waals surface area contributed by atoms with Gasteiger partial charge in [0.25, 0.3) is 0 Å². The van der Waals surface area contributed by atoms with Crippen molar-refractivity contribution in [1.82, 2.24) is 20.5 Å². The molecule has 0 spiro atoms. The Balaban J connectivity index is 1.49. The molecule has 7 heteroatoms. The number of benzene rings is 1. The van der Waals surface area contributed by atoms with E-state index >= 15 is 0 Å². The molecule has 1 aliphatic heterocycles. The van der Waals surface area contributed by atoms with Crippen LogP contribution in [0.4, 0.5) is 4.79 Å². The van der Waals surface area contributed by atoms with Gasteiger partial charge in [0.1, 0.15) is 5.52 Å². The first-order valence-corrected chi connectivity index (χ1v) is 8.75. The predicted octanol–water partition coefficient (Wildman–Crippen LogP) is 2.24. The Morgan fingerprint density at radius 2 is 2.20 bits per heavy atom. The summed E-state index contributed by atoms with van der Waals surface area (Å²) in [6.45, 7) is 2.75. The lowest BCUT2D eigenvalue weighted by molar-refractivity contribution is -0.120. The number of likely N-dealkylation sites (tertiary alicyclic amines) is 1. The molecule has 1 aliphatic rings. The molecule has 2 N–H and O–H groups in total. The Labute approximate surface area is 146 Å². The topological polar surface area (TPSA) is 87.5 Å². The Morgan fingerprint density at radius 3 is 3.00 bits per heavy atom. The zero-order chi connectivity index (χ0) is 17.6. The minimum absolute atomic E-state index is 0.244. The van der Waals surface area contributed by atoms with Crippen molar-refractivity contribution in [3.8, 4) is 0 Å². The second-order valence-electron chi connectivity index (χ2n) is 6.39. The number of fused-ring (bicyclic) bond motifs is 1. The summed E-state index contributed by atoms with van der Waals surface area (Å²) in [5.41, 5.74) is 1.74. The number of hydrogen-bond donors (Lipinski definition) is 2. The lowest BCUT2D eigenvalue weighted by Gasteiger charge is -2.31. The van der Waals surface area contributed by atoms with E-state index in [9.17, 15) is 9.59 Å². The molecule has 0 aliphatic carbocycles. The smallest absolute Gasteiger partial charge is 0.321 e. The fourth-order valence-electron chi connectivity index (χ4n) is 3.24. The van der Waals surface area contributed by atoms with Gasteiger partial charge in [-0.25, -0.2) is 9.78 Å². The number of oxazole rings is 1. The maximum atomic E-state index is 11.6. The van der Waals surface area contributed by atoms with Crippen LogP contribution in [0.5, 0.6) is 0 Å². The number of carbonyl (C=O) groups is 2. The number of aromatic nitrogens is 1. The molecule has 0 radical (unpaired) electrons. The highest BCUT2D eigenvalue weighted by Gasteiger charge is 2.25. The van der Waals surface area contributed by atoms with E-state index in [4.69, 9.17) is 4.42 Å². The third-order valence-electron chi connectivity index (χ3n) is 4.52. The molecule has 1 saturated heterocycles. The summed E-state index contributed by atoms with van der Waals surface area (Å²) in [5, 5.41) is 4.66. The molecule has 1 atom stereocenters. The molecule has 7 nitrogen and oxygen atoms in total. The van der Waals surface area contributed by atoms with Crippen LogP contribution in [0.1, 0.15) is 37.5 Å². The average molecular weight is 344 g/mol. The van der Waals surface area contributed by atoms with Gasteiger partial charge in [-0.05, 0) is 44.5 Å². The Bertz CT molecular complexity index is 710. The maximum Gasteiger partial charge on any atom is 0.321 e. The maximum absolute atomic E-state index is 11.6. The normalized spacial score (nSPS) is 18.2. The highest BCUT2D eigenvalue weighted by Crippen LogP contribution is 2.28. The largest absolute Gasteiger partial charge is 0.440 e. The summed E-state index contributed by atoms with van der Waals surface area (Å²) in [6, 6.07) is 7.37. The molecule has 0 saturated carbocycles. The second kappa shape index (κ2) is 8.11. The van der Waals surface area contributed by atoms with Gasteiger partial charge in [-0.2, -0.15) is 0 Å². The lowest BCUT2D eigenvalue weighted by Crippen LogP contribution is -2.38. The van der Waals surface area contributed by atoms with Gasteiger partial charge in [-0.3, -0.25) is 10.1 Å². The summed E-state index contributed by atoms with van der Waals surface area (Å²) < 4.78 is 5.91. The van der Waals surface area contributed by atoms with E-state index in [1.165, 1.54) is 7.05 Å². The standard InChI is InChI=1S/C18H24N4O3/c1-19-18(24)21-16(23)9-5-11-22-10-4-6-13(12-22)17-20-14-7-2-3-8-15(14)25-17/h2-3,7-8,13H,4-6,9-12H2,1H3,(H2,19,21,23,24)/t13-/m0/s1. The van der Waals surface area contributed by atoms with Crippen LogP contribution < -0.4 is 10.6 Å². The monoisotopic (exact) mass is 344 g/mol. The molecule has 134 valence electrons. The quantitative estimate of drug-likeness (QED) is 0.868. The lowest BCUT2D eigenvalue weighted by atomic mass is 9.98. The summed E-state index contributed by atoms with van der Waals surface area (Å²) in [5.74, 6) is 0.857. The first kappa shape index (κ1) is 17.4. The van der Waals surface area contributed by atoms with E-state index < -0.39 is 6.03 Å². The molecular formula is C18H24N4O3. The van der Waals surface area contributed by atoms with Crippen LogP contribution in [-0.4, -0.2) is 48.5 Å². The molecule has 25 heavy (non-hydrogen) atoms. The number of imide groups is 1. The summed E-state index contributed by atoms with van der Waals surface area (Å²) in [7, 11) is 1.49. The number of hydrogen-bond acceptors (Lipinski definition) is 5. The molecule has 0 bridgehead atoms.